The third kappa shape index (κ3) is 8.41. The monoisotopic (exact) mass is 385 g/mol. The van der Waals surface area contributed by atoms with Crippen LogP contribution < -0.4 is 14.2 Å². The molecule has 6 heteroatoms. The largest absolute Gasteiger partial charge is 0.493 e. The first-order valence-electron chi connectivity index (χ1n) is 9.77. The molecule has 1 N–H and O–H groups in total. The lowest BCUT2D eigenvalue weighted by atomic mass is 10.1. The van der Waals surface area contributed by atoms with Crippen molar-refractivity contribution in [2.24, 2.45) is 0 Å². The van der Waals surface area contributed by atoms with Gasteiger partial charge in [-0.15, -0.1) is 0 Å². The number of rotatable bonds is 15. The van der Waals surface area contributed by atoms with Gasteiger partial charge < -0.3 is 9.47 Å². The maximum absolute atomic E-state index is 12.4. The molecule has 0 bridgehead atoms. The quantitative estimate of drug-likeness (QED) is 0.436. The molecule has 1 rings (SSSR count). The first-order valence-corrected chi connectivity index (χ1v) is 11.2. The van der Waals surface area contributed by atoms with E-state index in [9.17, 15) is 8.42 Å². The summed E-state index contributed by atoms with van der Waals surface area (Å²) in [4.78, 5) is 0.197. The Morgan fingerprint density at radius 1 is 0.808 bits per heavy atom. The van der Waals surface area contributed by atoms with Crippen LogP contribution in [-0.4, -0.2) is 29.2 Å². The van der Waals surface area contributed by atoms with E-state index >= 15 is 0 Å². The second-order valence-corrected chi connectivity index (χ2v) is 8.36. The number of benzene rings is 1. The Labute approximate surface area is 159 Å². The standard InChI is InChI=1S/C20H35NO4S/c1-4-5-6-7-8-9-10-11-12-13-16-21-26(22,23)18-14-15-19(24-2)20(17-18)25-3/h14-15,17,21H,4-13,16H2,1-3H3. The molecule has 0 saturated carbocycles. The molecule has 1 aromatic carbocycles. The van der Waals surface area contributed by atoms with Gasteiger partial charge in [0, 0.05) is 12.6 Å². The maximum Gasteiger partial charge on any atom is 0.240 e. The minimum absolute atomic E-state index is 0.197. The molecule has 0 heterocycles. The minimum atomic E-state index is -3.51. The van der Waals surface area contributed by atoms with Gasteiger partial charge in [0.15, 0.2) is 11.5 Å². The molecule has 0 unspecified atom stereocenters. The molecule has 0 fully saturated rings. The second-order valence-electron chi connectivity index (χ2n) is 6.60. The highest BCUT2D eigenvalue weighted by atomic mass is 32.2. The Hall–Kier alpha value is -1.27. The lowest BCUT2D eigenvalue weighted by Gasteiger charge is -2.11. The van der Waals surface area contributed by atoms with Crippen LogP contribution in [0.15, 0.2) is 23.1 Å². The molecule has 150 valence electrons. The summed E-state index contributed by atoms with van der Waals surface area (Å²) in [6, 6.07) is 4.62. The Morgan fingerprint density at radius 3 is 1.88 bits per heavy atom. The first kappa shape index (κ1) is 22.8. The topological polar surface area (TPSA) is 64.6 Å². The maximum atomic E-state index is 12.4. The zero-order chi connectivity index (χ0) is 19.3. The van der Waals surface area contributed by atoms with Gasteiger partial charge in [0.25, 0.3) is 0 Å². The molecule has 1 aromatic rings. The van der Waals surface area contributed by atoms with Crippen LogP contribution in [0.4, 0.5) is 0 Å². The van der Waals surface area contributed by atoms with Crippen LogP contribution in [0, 0.1) is 0 Å². The van der Waals surface area contributed by atoms with Crippen molar-refractivity contribution in [1.29, 1.82) is 0 Å². The molecular weight excluding hydrogens is 350 g/mol. The van der Waals surface area contributed by atoms with Gasteiger partial charge in [-0.25, -0.2) is 13.1 Å². The van der Waals surface area contributed by atoms with E-state index in [1.165, 1.54) is 77.7 Å². The fraction of sp³-hybridized carbons (Fsp3) is 0.700. The molecule has 0 atom stereocenters. The molecule has 0 aliphatic rings. The van der Waals surface area contributed by atoms with Crippen molar-refractivity contribution < 1.29 is 17.9 Å². The van der Waals surface area contributed by atoms with Crippen LogP contribution in [0.25, 0.3) is 0 Å². The van der Waals surface area contributed by atoms with E-state index in [2.05, 4.69) is 11.6 Å². The van der Waals surface area contributed by atoms with Crippen LogP contribution in [-0.2, 0) is 10.0 Å². The van der Waals surface area contributed by atoms with E-state index in [1.54, 1.807) is 6.07 Å². The van der Waals surface area contributed by atoms with Crippen LogP contribution in [0.1, 0.15) is 71.1 Å². The van der Waals surface area contributed by atoms with Gasteiger partial charge >= 0.3 is 0 Å². The first-order chi connectivity index (χ1) is 12.5. The fourth-order valence-electron chi connectivity index (χ4n) is 2.89. The van der Waals surface area contributed by atoms with Gasteiger partial charge in [-0.05, 0) is 18.6 Å². The normalized spacial score (nSPS) is 11.5. The zero-order valence-electron chi connectivity index (χ0n) is 16.6. The highest BCUT2D eigenvalue weighted by Gasteiger charge is 2.16. The van der Waals surface area contributed by atoms with E-state index in [-0.39, 0.29) is 4.90 Å². The molecular formula is C20H35NO4S. The van der Waals surface area contributed by atoms with Crippen molar-refractivity contribution in [1.82, 2.24) is 4.72 Å². The Bertz CT molecular complexity index is 602. The highest BCUT2D eigenvalue weighted by Crippen LogP contribution is 2.29. The Balaban J connectivity index is 2.24. The van der Waals surface area contributed by atoms with Gasteiger partial charge in [-0.2, -0.15) is 0 Å². The average Bonchev–Trinajstić information content (AvgIpc) is 2.65. The van der Waals surface area contributed by atoms with Gasteiger partial charge in [0.2, 0.25) is 10.0 Å². The van der Waals surface area contributed by atoms with Crippen LogP contribution in [0.3, 0.4) is 0 Å². The number of methoxy groups -OCH3 is 2. The fourth-order valence-corrected chi connectivity index (χ4v) is 3.98. The summed E-state index contributed by atoms with van der Waals surface area (Å²) in [5, 5.41) is 0. The SMILES string of the molecule is CCCCCCCCCCCCNS(=O)(=O)c1ccc(OC)c(OC)c1. The molecule has 26 heavy (non-hydrogen) atoms. The highest BCUT2D eigenvalue weighted by molar-refractivity contribution is 7.89. The van der Waals surface area contributed by atoms with Gasteiger partial charge in [0.1, 0.15) is 0 Å². The summed E-state index contributed by atoms with van der Waals surface area (Å²) in [6.45, 7) is 2.70. The van der Waals surface area contributed by atoms with Crippen molar-refractivity contribution >= 4 is 10.0 Å². The minimum Gasteiger partial charge on any atom is -0.493 e. The van der Waals surface area contributed by atoms with E-state index in [4.69, 9.17) is 9.47 Å². The number of sulfonamides is 1. The molecule has 0 aliphatic carbocycles. The average molecular weight is 386 g/mol. The second kappa shape index (κ2) is 13.0. The summed E-state index contributed by atoms with van der Waals surface area (Å²) in [5.74, 6) is 0.926. The summed E-state index contributed by atoms with van der Waals surface area (Å²) in [7, 11) is -0.499. The van der Waals surface area contributed by atoms with Crippen LogP contribution >= 0.6 is 0 Å². The van der Waals surface area contributed by atoms with E-state index < -0.39 is 10.0 Å². The van der Waals surface area contributed by atoms with Crippen molar-refractivity contribution in [3.05, 3.63) is 18.2 Å². The molecule has 0 radical (unpaired) electrons. The Morgan fingerprint density at radius 2 is 1.35 bits per heavy atom. The molecule has 0 aliphatic heterocycles. The van der Waals surface area contributed by atoms with Gasteiger partial charge in [0.05, 0.1) is 19.1 Å². The molecule has 0 saturated heterocycles. The predicted molar refractivity (Wildman–Crippen MR) is 107 cm³/mol. The number of unbranched alkanes of at least 4 members (excludes halogenated alkanes) is 9. The molecule has 5 nitrogen and oxygen atoms in total. The Kier molecular flexibility index (Phi) is 11.4. The molecule has 0 spiro atoms. The van der Waals surface area contributed by atoms with Crippen molar-refractivity contribution in [2.75, 3.05) is 20.8 Å². The van der Waals surface area contributed by atoms with Crippen LogP contribution in [0.5, 0.6) is 11.5 Å². The number of nitrogens with one attached hydrogen (secondary N) is 1. The van der Waals surface area contributed by atoms with Crippen molar-refractivity contribution in [3.63, 3.8) is 0 Å². The number of hydrogen-bond donors (Lipinski definition) is 1. The smallest absolute Gasteiger partial charge is 0.240 e. The molecule has 0 aromatic heterocycles. The third-order valence-electron chi connectivity index (χ3n) is 4.49. The summed E-state index contributed by atoms with van der Waals surface area (Å²) < 4.78 is 37.7. The number of hydrogen-bond acceptors (Lipinski definition) is 4. The van der Waals surface area contributed by atoms with E-state index in [1.807, 2.05) is 0 Å². The lowest BCUT2D eigenvalue weighted by Crippen LogP contribution is -2.24. The summed E-state index contributed by atoms with van der Waals surface area (Å²) >= 11 is 0. The predicted octanol–water partition coefficient (Wildman–Crippen LogP) is 4.90. The van der Waals surface area contributed by atoms with Gasteiger partial charge in [-0.3, -0.25) is 0 Å². The summed E-state index contributed by atoms with van der Waals surface area (Å²) in [5.41, 5.74) is 0. The van der Waals surface area contributed by atoms with Crippen molar-refractivity contribution in [3.8, 4) is 11.5 Å². The van der Waals surface area contributed by atoms with Crippen LogP contribution in [0.2, 0.25) is 0 Å². The zero-order valence-corrected chi connectivity index (χ0v) is 17.4. The third-order valence-corrected chi connectivity index (χ3v) is 5.95. The van der Waals surface area contributed by atoms with Crippen molar-refractivity contribution in [2.45, 2.75) is 76.0 Å². The van der Waals surface area contributed by atoms with E-state index in [0.717, 1.165) is 12.8 Å². The molecule has 0 amide bonds. The van der Waals surface area contributed by atoms with Gasteiger partial charge in [-0.1, -0.05) is 64.7 Å². The summed E-state index contributed by atoms with van der Waals surface area (Å²) in [6.07, 6.45) is 12.3. The van der Waals surface area contributed by atoms with E-state index in [0.29, 0.717) is 18.0 Å². The number of ether oxygens (including phenoxy) is 2. The lowest BCUT2D eigenvalue weighted by molar-refractivity contribution is 0.354.